The maximum Gasteiger partial charge on any atom is 0.219 e. The van der Waals surface area contributed by atoms with Crippen LogP contribution in [0.4, 0.5) is 0 Å². The Kier molecular flexibility index (Phi) is 7.49. The predicted molar refractivity (Wildman–Crippen MR) is 111 cm³/mol. The summed E-state index contributed by atoms with van der Waals surface area (Å²) >= 11 is 0. The fraction of sp³-hybridized carbons (Fsp3) is 0.591. The molecule has 7 nitrogen and oxygen atoms in total. The number of para-hydroxylation sites is 2. The van der Waals surface area contributed by atoms with Gasteiger partial charge >= 0.3 is 0 Å². The van der Waals surface area contributed by atoms with Gasteiger partial charge in [-0.05, 0) is 37.8 Å². The average Bonchev–Trinajstić information content (AvgIpc) is 2.97. The van der Waals surface area contributed by atoms with Crippen LogP contribution >= 0.6 is 0 Å². The Labute approximate surface area is 173 Å². The maximum atomic E-state index is 11.7. The van der Waals surface area contributed by atoms with Gasteiger partial charge in [0, 0.05) is 32.5 Å². The smallest absolute Gasteiger partial charge is 0.219 e. The first-order valence-corrected chi connectivity index (χ1v) is 10.6. The van der Waals surface area contributed by atoms with Gasteiger partial charge in [0.25, 0.3) is 0 Å². The Balaban J connectivity index is 1.74. The molecule has 1 aromatic heterocycles. The third-order valence-electron chi connectivity index (χ3n) is 5.43. The van der Waals surface area contributed by atoms with Gasteiger partial charge in [0.1, 0.15) is 12.4 Å². The lowest BCUT2D eigenvalue weighted by Crippen LogP contribution is -2.29. The number of carbonyl (C=O) groups is 1. The Hall–Kier alpha value is -2.57. The summed E-state index contributed by atoms with van der Waals surface area (Å²) in [7, 11) is 1.63. The van der Waals surface area contributed by atoms with Gasteiger partial charge in [-0.15, -0.1) is 0 Å². The molecule has 3 rings (SSSR count). The molecule has 1 amide bonds. The Bertz CT molecular complexity index is 805. The lowest BCUT2D eigenvalue weighted by Gasteiger charge is -2.18. The summed E-state index contributed by atoms with van der Waals surface area (Å²) in [6.07, 6.45) is 5.13. The summed E-state index contributed by atoms with van der Waals surface area (Å²) in [6, 6.07) is 7.59. The van der Waals surface area contributed by atoms with Crippen LogP contribution in [0.3, 0.4) is 0 Å². The Morgan fingerprint density at radius 2 is 2.00 bits per heavy atom. The van der Waals surface area contributed by atoms with Crippen molar-refractivity contribution in [1.82, 2.24) is 19.7 Å². The fourth-order valence-electron chi connectivity index (χ4n) is 3.79. The zero-order valence-corrected chi connectivity index (χ0v) is 17.8. The molecule has 2 heterocycles. The number of rotatable bonds is 8. The topological polar surface area (TPSA) is 69.5 Å². The van der Waals surface area contributed by atoms with E-state index >= 15 is 0 Å². The maximum absolute atomic E-state index is 11.7. The van der Waals surface area contributed by atoms with Gasteiger partial charge in [0.05, 0.1) is 7.11 Å². The minimum absolute atomic E-state index is 0.156. The van der Waals surface area contributed by atoms with Crippen molar-refractivity contribution in [2.45, 2.75) is 65.0 Å². The second-order valence-corrected chi connectivity index (χ2v) is 7.54. The molecular formula is C22H32N4O3. The highest BCUT2D eigenvalue weighted by atomic mass is 16.5. The van der Waals surface area contributed by atoms with Crippen LogP contribution in [-0.2, 0) is 17.9 Å². The quantitative estimate of drug-likeness (QED) is 0.674. The number of benzene rings is 1. The van der Waals surface area contributed by atoms with Crippen LogP contribution < -0.4 is 9.47 Å². The van der Waals surface area contributed by atoms with Crippen molar-refractivity contribution in [2.75, 3.05) is 20.2 Å². The number of nitrogens with zero attached hydrogens (tertiary/aromatic N) is 4. The predicted octanol–water partition coefficient (Wildman–Crippen LogP) is 3.78. The van der Waals surface area contributed by atoms with E-state index in [-0.39, 0.29) is 5.91 Å². The molecule has 1 unspecified atom stereocenters. The van der Waals surface area contributed by atoms with Crippen molar-refractivity contribution < 1.29 is 14.3 Å². The third-order valence-corrected chi connectivity index (χ3v) is 5.43. The zero-order valence-electron chi connectivity index (χ0n) is 17.8. The molecule has 0 bridgehead atoms. The van der Waals surface area contributed by atoms with Gasteiger partial charge in [-0.3, -0.25) is 4.79 Å². The Morgan fingerprint density at radius 3 is 2.72 bits per heavy atom. The number of hydrogen-bond acceptors (Lipinski definition) is 5. The van der Waals surface area contributed by atoms with Crippen LogP contribution in [-0.4, -0.2) is 45.8 Å². The number of likely N-dealkylation sites (tertiary alicyclic amines) is 1. The summed E-state index contributed by atoms with van der Waals surface area (Å²) < 4.78 is 13.3. The van der Waals surface area contributed by atoms with Crippen molar-refractivity contribution in [3.63, 3.8) is 0 Å². The summed E-state index contributed by atoms with van der Waals surface area (Å²) in [6.45, 7) is 6.61. The SMILES string of the molecule is CCCCn1nc(COc2ccccc2OC)nc1C1CCCN(C(C)=O)CC1. The highest BCUT2D eigenvalue weighted by molar-refractivity contribution is 5.73. The number of ether oxygens (including phenoxy) is 2. The van der Waals surface area contributed by atoms with Crippen molar-refractivity contribution in [2.24, 2.45) is 0 Å². The molecule has 2 aromatic rings. The van der Waals surface area contributed by atoms with E-state index in [0.717, 1.165) is 57.6 Å². The fourth-order valence-corrected chi connectivity index (χ4v) is 3.79. The number of aryl methyl sites for hydroxylation is 1. The molecule has 1 aliphatic rings. The number of methoxy groups -OCH3 is 1. The molecule has 29 heavy (non-hydrogen) atoms. The largest absolute Gasteiger partial charge is 0.493 e. The molecule has 1 atom stereocenters. The molecule has 1 aromatic carbocycles. The van der Waals surface area contributed by atoms with E-state index < -0.39 is 0 Å². The van der Waals surface area contributed by atoms with Gasteiger partial charge in [-0.2, -0.15) is 5.10 Å². The standard InChI is InChI=1S/C22H32N4O3/c1-4-5-14-26-22(18-9-8-13-25(15-12-18)17(2)27)23-21(24-26)16-29-20-11-7-6-10-19(20)28-3/h6-7,10-11,18H,4-5,8-9,12-16H2,1-3H3. The highest BCUT2D eigenvalue weighted by Gasteiger charge is 2.25. The zero-order chi connectivity index (χ0) is 20.6. The molecule has 0 aliphatic carbocycles. The van der Waals surface area contributed by atoms with Gasteiger partial charge in [-0.1, -0.05) is 25.5 Å². The molecule has 0 saturated carbocycles. The monoisotopic (exact) mass is 400 g/mol. The van der Waals surface area contributed by atoms with E-state index in [1.54, 1.807) is 14.0 Å². The van der Waals surface area contributed by atoms with Crippen molar-refractivity contribution in [3.8, 4) is 11.5 Å². The van der Waals surface area contributed by atoms with Crippen molar-refractivity contribution in [3.05, 3.63) is 35.9 Å². The highest BCUT2D eigenvalue weighted by Crippen LogP contribution is 2.29. The summed E-state index contributed by atoms with van der Waals surface area (Å²) in [5.41, 5.74) is 0. The van der Waals surface area contributed by atoms with Crippen LogP contribution in [0.15, 0.2) is 24.3 Å². The van der Waals surface area contributed by atoms with E-state index in [4.69, 9.17) is 19.6 Å². The van der Waals surface area contributed by atoms with Gasteiger partial charge in [-0.25, -0.2) is 9.67 Å². The van der Waals surface area contributed by atoms with Crippen molar-refractivity contribution in [1.29, 1.82) is 0 Å². The van der Waals surface area contributed by atoms with Gasteiger partial charge in [0.15, 0.2) is 17.3 Å². The van der Waals surface area contributed by atoms with E-state index in [0.29, 0.717) is 29.8 Å². The minimum atomic E-state index is 0.156. The Morgan fingerprint density at radius 1 is 1.21 bits per heavy atom. The molecule has 1 fully saturated rings. The average molecular weight is 401 g/mol. The van der Waals surface area contributed by atoms with Crippen LogP contribution in [0.25, 0.3) is 0 Å². The second-order valence-electron chi connectivity index (χ2n) is 7.54. The molecule has 1 saturated heterocycles. The second kappa shape index (κ2) is 10.3. The number of amides is 1. The van der Waals surface area contributed by atoms with Crippen molar-refractivity contribution >= 4 is 5.91 Å². The molecule has 7 heteroatoms. The number of carbonyl (C=O) groups excluding carboxylic acids is 1. The third kappa shape index (κ3) is 5.49. The summed E-state index contributed by atoms with van der Waals surface area (Å²) in [4.78, 5) is 18.5. The molecular weight excluding hydrogens is 368 g/mol. The lowest BCUT2D eigenvalue weighted by molar-refractivity contribution is -0.128. The lowest BCUT2D eigenvalue weighted by atomic mass is 10.00. The van der Waals surface area contributed by atoms with E-state index in [9.17, 15) is 4.79 Å². The first kappa shape index (κ1) is 21.1. The first-order chi connectivity index (χ1) is 14.1. The van der Waals surface area contributed by atoms with E-state index in [2.05, 4.69) is 11.6 Å². The molecule has 0 radical (unpaired) electrons. The van der Waals surface area contributed by atoms with Crippen LogP contribution in [0.2, 0.25) is 0 Å². The van der Waals surface area contributed by atoms with Gasteiger partial charge < -0.3 is 14.4 Å². The molecule has 158 valence electrons. The molecule has 0 spiro atoms. The normalized spacial score (nSPS) is 17.1. The number of aromatic nitrogens is 3. The molecule has 0 N–H and O–H groups in total. The number of hydrogen-bond donors (Lipinski definition) is 0. The minimum Gasteiger partial charge on any atom is -0.493 e. The van der Waals surface area contributed by atoms with E-state index in [1.807, 2.05) is 29.2 Å². The first-order valence-electron chi connectivity index (χ1n) is 10.6. The van der Waals surface area contributed by atoms with Gasteiger partial charge in [0.2, 0.25) is 5.91 Å². The van der Waals surface area contributed by atoms with Crippen LogP contribution in [0.5, 0.6) is 11.5 Å². The van der Waals surface area contributed by atoms with Crippen LogP contribution in [0, 0.1) is 0 Å². The molecule has 1 aliphatic heterocycles. The number of unbranched alkanes of at least 4 members (excludes halogenated alkanes) is 1. The summed E-state index contributed by atoms with van der Waals surface area (Å²) in [5, 5.41) is 4.74. The van der Waals surface area contributed by atoms with E-state index in [1.165, 1.54) is 0 Å². The van der Waals surface area contributed by atoms with Crippen LogP contribution in [0.1, 0.15) is 63.5 Å². The summed E-state index contributed by atoms with van der Waals surface area (Å²) in [5.74, 6) is 3.59.